The Kier molecular flexibility index (Phi) is 7.45. The summed E-state index contributed by atoms with van der Waals surface area (Å²) in [6.07, 6.45) is -0.941. The van der Waals surface area contributed by atoms with Crippen molar-refractivity contribution < 1.29 is 34.4 Å². The summed E-state index contributed by atoms with van der Waals surface area (Å²) in [5, 5.41) is 31.8. The van der Waals surface area contributed by atoms with E-state index in [9.17, 15) is 29.7 Å². The Balaban J connectivity index is 2.23. The van der Waals surface area contributed by atoms with Gasteiger partial charge >= 0.3 is 12.1 Å². The number of carbonyl (C=O) groups is 3. The normalized spacial score (nSPS) is 19.6. The highest BCUT2D eigenvalue weighted by Gasteiger charge is 2.57. The van der Waals surface area contributed by atoms with Crippen LogP contribution in [0.3, 0.4) is 0 Å². The number of hydrogen-bond donors (Lipinski definition) is 4. The first-order valence-electron chi connectivity index (χ1n) is 9.90. The predicted molar refractivity (Wildman–Crippen MR) is 120 cm³/mol. The molecule has 1 unspecified atom stereocenters. The third kappa shape index (κ3) is 6.06. The van der Waals surface area contributed by atoms with Crippen LogP contribution >= 0.6 is 23.5 Å². The maximum atomic E-state index is 12.5. The zero-order valence-corrected chi connectivity index (χ0v) is 20.4. The maximum absolute atomic E-state index is 12.5. The lowest BCUT2D eigenvalue weighted by molar-refractivity contribution is -0.188. The van der Waals surface area contributed by atoms with Gasteiger partial charge in [-0.25, -0.2) is 9.59 Å². The van der Waals surface area contributed by atoms with Crippen LogP contribution in [0.5, 0.6) is 0 Å². The number of alkyl carbamates (subject to hydrolysis) is 1. The van der Waals surface area contributed by atoms with Crippen molar-refractivity contribution in [2.45, 2.75) is 76.2 Å². The number of rotatable bonds is 5. The minimum absolute atomic E-state index is 0.0805. The Morgan fingerprint density at radius 2 is 1.84 bits per heavy atom. The summed E-state index contributed by atoms with van der Waals surface area (Å²) < 4.78 is 6.40. The molecule has 0 aliphatic carbocycles. The molecule has 9 nitrogen and oxygen atoms in total. The van der Waals surface area contributed by atoms with Crippen molar-refractivity contribution in [2.24, 2.45) is 0 Å². The number of nitrogens with zero attached hydrogens (tertiary/aromatic N) is 1. The van der Waals surface area contributed by atoms with E-state index in [1.165, 1.54) is 16.4 Å². The van der Waals surface area contributed by atoms with Crippen molar-refractivity contribution >= 4 is 41.5 Å². The van der Waals surface area contributed by atoms with Crippen LogP contribution in [-0.2, 0) is 20.7 Å². The average molecular weight is 489 g/mol. The largest absolute Gasteiger partial charge is 0.480 e. The number of carbonyl (C=O) groups excluding carboxylic acids is 2. The van der Waals surface area contributed by atoms with Crippen molar-refractivity contribution in [3.63, 3.8) is 0 Å². The Morgan fingerprint density at radius 3 is 2.28 bits per heavy atom. The summed E-state index contributed by atoms with van der Waals surface area (Å²) in [5.74, 6) is -4.74. The zero-order chi connectivity index (χ0) is 24.6. The Hall–Kier alpha value is -2.01. The van der Waals surface area contributed by atoms with E-state index in [1.807, 2.05) is 0 Å². The van der Waals surface area contributed by atoms with Gasteiger partial charge in [0, 0.05) is 17.0 Å². The molecule has 0 spiro atoms. The van der Waals surface area contributed by atoms with E-state index in [2.05, 4.69) is 5.32 Å². The van der Waals surface area contributed by atoms with Gasteiger partial charge in [0.25, 0.3) is 11.7 Å². The number of carboxylic acid groups (broad SMARTS) is 1. The highest BCUT2D eigenvalue weighted by atomic mass is 35.5. The molecular formula is C21H29ClN2O7S. The van der Waals surface area contributed by atoms with E-state index in [0.29, 0.717) is 11.1 Å². The summed E-state index contributed by atoms with van der Waals surface area (Å²) in [6.45, 7) is 10.3. The third-order valence-corrected chi connectivity index (χ3v) is 6.51. The SMILES string of the molecule is CC(C)(C)OC(=O)N[C@@H](Cc1ccc(C2SN(C(C)(C)C)C(=O)C2(O)O)c(Cl)c1)C(=O)O. The number of carboxylic acids is 1. The van der Waals surface area contributed by atoms with Gasteiger partial charge in [0.05, 0.1) is 0 Å². The van der Waals surface area contributed by atoms with Crippen LogP contribution in [0.4, 0.5) is 4.79 Å². The number of halogens is 1. The van der Waals surface area contributed by atoms with Gasteiger partial charge in [0.2, 0.25) is 0 Å². The summed E-state index contributed by atoms with van der Waals surface area (Å²) in [5.41, 5.74) is -0.624. The molecule has 0 radical (unpaired) electrons. The molecule has 11 heteroatoms. The van der Waals surface area contributed by atoms with Crippen LogP contribution in [0.2, 0.25) is 5.02 Å². The number of hydrogen-bond acceptors (Lipinski definition) is 7. The van der Waals surface area contributed by atoms with Crippen LogP contribution in [0.15, 0.2) is 18.2 Å². The van der Waals surface area contributed by atoms with E-state index >= 15 is 0 Å². The number of nitrogens with one attached hydrogen (secondary N) is 1. The molecule has 0 saturated carbocycles. The van der Waals surface area contributed by atoms with E-state index in [4.69, 9.17) is 16.3 Å². The van der Waals surface area contributed by atoms with Crippen molar-refractivity contribution in [1.82, 2.24) is 9.62 Å². The van der Waals surface area contributed by atoms with Crippen LogP contribution in [0, 0.1) is 0 Å². The molecule has 178 valence electrons. The molecule has 1 aliphatic rings. The first-order valence-corrected chi connectivity index (χ1v) is 11.1. The highest BCUT2D eigenvalue weighted by molar-refractivity contribution is 7.98. The molecule has 0 aromatic heterocycles. The van der Waals surface area contributed by atoms with Crippen molar-refractivity contribution in [3.8, 4) is 0 Å². The van der Waals surface area contributed by atoms with Gasteiger partial charge < -0.3 is 25.4 Å². The van der Waals surface area contributed by atoms with Crippen LogP contribution in [0.25, 0.3) is 0 Å². The van der Waals surface area contributed by atoms with Gasteiger partial charge in [-0.15, -0.1) is 0 Å². The Morgan fingerprint density at radius 1 is 1.25 bits per heavy atom. The molecule has 1 fully saturated rings. The highest BCUT2D eigenvalue weighted by Crippen LogP contribution is 2.51. The summed E-state index contributed by atoms with van der Waals surface area (Å²) >= 11 is 7.35. The van der Waals surface area contributed by atoms with Gasteiger partial charge in [-0.2, -0.15) is 0 Å². The van der Waals surface area contributed by atoms with Crippen LogP contribution < -0.4 is 5.32 Å². The Labute approximate surface area is 196 Å². The molecule has 2 atom stereocenters. The van der Waals surface area contributed by atoms with Gasteiger partial charge in [-0.3, -0.25) is 9.10 Å². The van der Waals surface area contributed by atoms with Crippen LogP contribution in [-0.4, -0.2) is 60.6 Å². The fourth-order valence-electron chi connectivity index (χ4n) is 3.02. The molecule has 1 aromatic rings. The quantitative estimate of drug-likeness (QED) is 0.367. The average Bonchev–Trinajstić information content (AvgIpc) is 2.83. The third-order valence-electron chi connectivity index (χ3n) is 4.46. The number of amides is 2. The van der Waals surface area contributed by atoms with Gasteiger partial charge in [-0.1, -0.05) is 23.7 Å². The molecule has 0 bridgehead atoms. The lowest BCUT2D eigenvalue weighted by Crippen LogP contribution is -2.47. The Bertz CT molecular complexity index is 908. The smallest absolute Gasteiger partial charge is 0.408 e. The molecule has 1 heterocycles. The standard InChI is InChI=1S/C21H29ClN2O7S/c1-19(2,3)24-17(27)21(29,30)15(32-24)12-8-7-11(9-13(12)22)10-14(16(25)26)23-18(28)31-20(4,5)6/h7-9,14-15,29-30H,10H2,1-6H3,(H,23,28)(H,25,26)/t14-,15?/m0/s1. The maximum Gasteiger partial charge on any atom is 0.408 e. The minimum Gasteiger partial charge on any atom is -0.480 e. The second-order valence-electron chi connectivity index (χ2n) is 9.58. The first-order chi connectivity index (χ1) is 14.4. The molecule has 1 saturated heterocycles. The summed E-state index contributed by atoms with van der Waals surface area (Å²) in [4.78, 5) is 36.1. The molecule has 1 aromatic carbocycles. The first kappa shape index (κ1) is 26.2. The summed E-state index contributed by atoms with van der Waals surface area (Å²) in [6, 6.07) is 3.29. The minimum atomic E-state index is -2.65. The molecule has 1 aliphatic heterocycles. The van der Waals surface area contributed by atoms with E-state index in [-0.39, 0.29) is 11.4 Å². The molecule has 4 N–H and O–H groups in total. The van der Waals surface area contributed by atoms with E-state index in [0.717, 1.165) is 11.9 Å². The lowest BCUT2D eigenvalue weighted by Gasteiger charge is -2.30. The second kappa shape index (κ2) is 9.09. The van der Waals surface area contributed by atoms with Crippen LogP contribution in [0.1, 0.15) is 57.9 Å². The summed E-state index contributed by atoms with van der Waals surface area (Å²) in [7, 11) is 0. The molecular weight excluding hydrogens is 460 g/mol. The van der Waals surface area contributed by atoms with Gasteiger partial charge in [0.1, 0.15) is 16.9 Å². The fourth-order valence-corrected chi connectivity index (χ4v) is 4.72. The number of aliphatic carboxylic acids is 1. The fraction of sp³-hybridized carbons (Fsp3) is 0.571. The van der Waals surface area contributed by atoms with E-state index in [1.54, 1.807) is 47.6 Å². The van der Waals surface area contributed by atoms with E-state index < -0.39 is 46.2 Å². The monoisotopic (exact) mass is 488 g/mol. The van der Waals surface area contributed by atoms with Crippen molar-refractivity contribution in [2.75, 3.05) is 0 Å². The van der Waals surface area contributed by atoms with Crippen molar-refractivity contribution in [3.05, 3.63) is 34.3 Å². The van der Waals surface area contributed by atoms with Crippen molar-refractivity contribution in [1.29, 1.82) is 0 Å². The predicted octanol–water partition coefficient (Wildman–Crippen LogP) is 2.87. The lowest BCUT2D eigenvalue weighted by atomic mass is 9.98. The molecule has 32 heavy (non-hydrogen) atoms. The second-order valence-corrected chi connectivity index (χ2v) is 11.0. The molecule has 2 rings (SSSR count). The number of ether oxygens (including phenoxy) is 1. The van der Waals surface area contributed by atoms with Gasteiger partial charge in [0.15, 0.2) is 0 Å². The topological polar surface area (TPSA) is 136 Å². The molecule has 2 amide bonds. The number of benzene rings is 1. The zero-order valence-electron chi connectivity index (χ0n) is 18.8. The van der Waals surface area contributed by atoms with Gasteiger partial charge in [-0.05, 0) is 70.7 Å². The number of aliphatic hydroxyl groups is 2.